The molecule has 1 aromatic rings. The van der Waals surface area contributed by atoms with Crippen LogP contribution < -0.4 is 5.32 Å². The van der Waals surface area contributed by atoms with Crippen LogP contribution in [0.5, 0.6) is 0 Å². The number of carbonyl (C=O) groups excluding carboxylic acids is 1. The highest BCUT2D eigenvalue weighted by Gasteiger charge is 2.15. The minimum atomic E-state index is 0.265. The van der Waals surface area contributed by atoms with Crippen LogP contribution in [0.3, 0.4) is 0 Å². The molecule has 4 heteroatoms. The van der Waals surface area contributed by atoms with Gasteiger partial charge in [-0.15, -0.1) is 11.3 Å². The quantitative estimate of drug-likeness (QED) is 0.816. The molecule has 1 amide bonds. The van der Waals surface area contributed by atoms with Crippen molar-refractivity contribution in [3.05, 3.63) is 22.4 Å². The van der Waals surface area contributed by atoms with Gasteiger partial charge in [-0.25, -0.2) is 0 Å². The molecule has 3 nitrogen and oxygen atoms in total. The third-order valence-corrected chi connectivity index (χ3v) is 3.47. The van der Waals surface area contributed by atoms with Crippen LogP contribution in [0.4, 0.5) is 0 Å². The molecule has 0 aromatic carbocycles. The second-order valence-electron chi connectivity index (χ2n) is 3.74. The van der Waals surface area contributed by atoms with Gasteiger partial charge in [0.2, 0.25) is 5.91 Å². The van der Waals surface area contributed by atoms with E-state index in [9.17, 15) is 4.79 Å². The van der Waals surface area contributed by atoms with Crippen molar-refractivity contribution >= 4 is 17.2 Å². The Morgan fingerprint density at radius 3 is 3.20 bits per heavy atom. The van der Waals surface area contributed by atoms with Crippen molar-refractivity contribution < 1.29 is 4.79 Å². The number of rotatable bonds is 2. The Labute approximate surface area is 94.1 Å². The van der Waals surface area contributed by atoms with Crippen LogP contribution in [0.15, 0.2) is 17.5 Å². The van der Waals surface area contributed by atoms with Gasteiger partial charge in [0.05, 0.1) is 6.42 Å². The molecule has 0 spiro atoms. The molecule has 0 unspecified atom stereocenters. The molecule has 1 N–H and O–H groups in total. The highest BCUT2D eigenvalue weighted by molar-refractivity contribution is 7.10. The molecule has 0 saturated carbocycles. The van der Waals surface area contributed by atoms with Crippen LogP contribution in [0.25, 0.3) is 0 Å². The summed E-state index contributed by atoms with van der Waals surface area (Å²) in [5.74, 6) is 0.265. The molecular weight excluding hydrogens is 208 g/mol. The average molecular weight is 224 g/mol. The third kappa shape index (κ3) is 3.04. The Kier molecular flexibility index (Phi) is 3.75. The van der Waals surface area contributed by atoms with Crippen LogP contribution >= 0.6 is 11.3 Å². The molecule has 2 heterocycles. The summed E-state index contributed by atoms with van der Waals surface area (Å²) in [4.78, 5) is 15.1. The van der Waals surface area contributed by atoms with Gasteiger partial charge >= 0.3 is 0 Å². The van der Waals surface area contributed by atoms with Gasteiger partial charge in [-0.05, 0) is 24.4 Å². The van der Waals surface area contributed by atoms with Gasteiger partial charge in [0.25, 0.3) is 0 Å². The van der Waals surface area contributed by atoms with Crippen molar-refractivity contribution in [2.45, 2.75) is 12.8 Å². The fourth-order valence-corrected chi connectivity index (χ4v) is 2.47. The lowest BCUT2D eigenvalue weighted by Crippen LogP contribution is -2.35. The zero-order chi connectivity index (χ0) is 10.5. The van der Waals surface area contributed by atoms with Crippen molar-refractivity contribution in [1.29, 1.82) is 0 Å². The van der Waals surface area contributed by atoms with E-state index in [4.69, 9.17) is 0 Å². The van der Waals surface area contributed by atoms with E-state index in [2.05, 4.69) is 5.32 Å². The van der Waals surface area contributed by atoms with E-state index >= 15 is 0 Å². The summed E-state index contributed by atoms with van der Waals surface area (Å²) < 4.78 is 0. The predicted molar refractivity (Wildman–Crippen MR) is 62.1 cm³/mol. The first-order chi connectivity index (χ1) is 7.36. The number of thiophene rings is 1. The monoisotopic (exact) mass is 224 g/mol. The van der Waals surface area contributed by atoms with E-state index in [0.29, 0.717) is 6.42 Å². The maximum absolute atomic E-state index is 11.9. The molecular formula is C11H16N2OS. The molecule has 1 aliphatic heterocycles. The lowest BCUT2D eigenvalue weighted by Gasteiger charge is -2.19. The molecule has 0 aliphatic carbocycles. The number of hydrogen-bond acceptors (Lipinski definition) is 3. The molecule has 1 fully saturated rings. The Hall–Kier alpha value is -0.870. The molecule has 0 bridgehead atoms. The van der Waals surface area contributed by atoms with Crippen LogP contribution in [0.1, 0.15) is 11.3 Å². The zero-order valence-electron chi connectivity index (χ0n) is 8.74. The van der Waals surface area contributed by atoms with Gasteiger partial charge in [-0.3, -0.25) is 4.79 Å². The average Bonchev–Trinajstić information content (AvgIpc) is 2.58. The summed E-state index contributed by atoms with van der Waals surface area (Å²) in [6.45, 7) is 3.71. The van der Waals surface area contributed by atoms with Crippen molar-refractivity contribution in [3.63, 3.8) is 0 Å². The maximum Gasteiger partial charge on any atom is 0.227 e. The van der Waals surface area contributed by atoms with E-state index in [0.717, 1.165) is 37.5 Å². The predicted octanol–water partition coefficient (Wildman–Crippen LogP) is 1.11. The fraction of sp³-hybridized carbons (Fsp3) is 0.545. The molecule has 1 aliphatic rings. The minimum Gasteiger partial charge on any atom is -0.341 e. The Balaban J connectivity index is 1.89. The lowest BCUT2D eigenvalue weighted by atomic mass is 10.3. The summed E-state index contributed by atoms with van der Waals surface area (Å²) in [7, 11) is 0. The number of hydrogen-bond donors (Lipinski definition) is 1. The largest absolute Gasteiger partial charge is 0.341 e. The minimum absolute atomic E-state index is 0.265. The SMILES string of the molecule is O=C(Cc1cccs1)N1CCCNCC1. The molecule has 0 atom stereocenters. The van der Waals surface area contributed by atoms with Crippen molar-refractivity contribution in [3.8, 4) is 0 Å². The van der Waals surface area contributed by atoms with Gasteiger partial charge in [0.15, 0.2) is 0 Å². The summed E-state index contributed by atoms with van der Waals surface area (Å²) in [5.41, 5.74) is 0. The zero-order valence-corrected chi connectivity index (χ0v) is 9.55. The van der Waals surface area contributed by atoms with Crippen LogP contribution in [-0.4, -0.2) is 37.0 Å². The van der Waals surface area contributed by atoms with Gasteiger partial charge in [-0.1, -0.05) is 6.07 Å². The van der Waals surface area contributed by atoms with E-state index in [1.54, 1.807) is 11.3 Å². The molecule has 82 valence electrons. The number of carbonyl (C=O) groups is 1. The third-order valence-electron chi connectivity index (χ3n) is 2.60. The Morgan fingerprint density at radius 2 is 2.40 bits per heavy atom. The number of amides is 1. The van der Waals surface area contributed by atoms with Crippen LogP contribution in [0, 0.1) is 0 Å². The summed E-state index contributed by atoms with van der Waals surface area (Å²) in [6, 6.07) is 4.02. The van der Waals surface area contributed by atoms with Gasteiger partial charge in [0, 0.05) is 24.5 Å². The van der Waals surface area contributed by atoms with Crippen molar-refractivity contribution in [2.75, 3.05) is 26.2 Å². The molecule has 2 rings (SSSR count). The standard InChI is InChI=1S/C11H16N2OS/c14-11(9-10-3-1-8-15-10)13-6-2-4-12-5-7-13/h1,3,8,12H,2,4-7,9H2. The highest BCUT2D eigenvalue weighted by Crippen LogP contribution is 2.11. The highest BCUT2D eigenvalue weighted by atomic mass is 32.1. The van der Waals surface area contributed by atoms with E-state index in [-0.39, 0.29) is 5.91 Å². The van der Waals surface area contributed by atoms with E-state index in [1.165, 1.54) is 0 Å². The second-order valence-corrected chi connectivity index (χ2v) is 4.77. The lowest BCUT2D eigenvalue weighted by molar-refractivity contribution is -0.130. The van der Waals surface area contributed by atoms with Crippen LogP contribution in [0.2, 0.25) is 0 Å². The molecule has 1 aromatic heterocycles. The van der Waals surface area contributed by atoms with Gasteiger partial charge in [-0.2, -0.15) is 0 Å². The van der Waals surface area contributed by atoms with Gasteiger partial charge in [0.1, 0.15) is 0 Å². The van der Waals surface area contributed by atoms with E-state index < -0.39 is 0 Å². The van der Waals surface area contributed by atoms with Gasteiger partial charge < -0.3 is 10.2 Å². The fourth-order valence-electron chi connectivity index (χ4n) is 1.77. The van der Waals surface area contributed by atoms with E-state index in [1.807, 2.05) is 22.4 Å². The van der Waals surface area contributed by atoms with Crippen molar-refractivity contribution in [1.82, 2.24) is 10.2 Å². The van der Waals surface area contributed by atoms with Crippen molar-refractivity contribution in [2.24, 2.45) is 0 Å². The summed E-state index contributed by atoms with van der Waals surface area (Å²) in [5, 5.41) is 5.32. The topological polar surface area (TPSA) is 32.3 Å². The number of nitrogens with zero attached hydrogens (tertiary/aromatic N) is 1. The smallest absolute Gasteiger partial charge is 0.227 e. The first-order valence-electron chi connectivity index (χ1n) is 5.37. The summed E-state index contributed by atoms with van der Waals surface area (Å²) >= 11 is 1.66. The normalized spacial score (nSPS) is 17.5. The Morgan fingerprint density at radius 1 is 1.47 bits per heavy atom. The summed E-state index contributed by atoms with van der Waals surface area (Å²) in [6.07, 6.45) is 1.63. The molecule has 15 heavy (non-hydrogen) atoms. The molecule has 0 radical (unpaired) electrons. The molecule has 1 saturated heterocycles. The Bertz CT molecular complexity index is 302. The second kappa shape index (κ2) is 5.28. The number of nitrogens with one attached hydrogen (secondary N) is 1. The first-order valence-corrected chi connectivity index (χ1v) is 6.25. The maximum atomic E-state index is 11.9. The first kappa shape index (κ1) is 10.6. The van der Waals surface area contributed by atoms with Crippen LogP contribution in [-0.2, 0) is 11.2 Å².